The van der Waals surface area contributed by atoms with Crippen molar-refractivity contribution in [3.63, 3.8) is 0 Å². The lowest BCUT2D eigenvalue weighted by molar-refractivity contribution is -0.143. The number of ether oxygens (including phenoxy) is 1. The molecule has 5 nitrogen and oxygen atoms in total. The zero-order valence-electron chi connectivity index (χ0n) is 9.52. The normalized spacial score (nSPS) is 13.7. The molecule has 0 spiro atoms. The van der Waals surface area contributed by atoms with E-state index in [0.29, 0.717) is 0 Å². The summed E-state index contributed by atoms with van der Waals surface area (Å²) in [6, 6.07) is -0.711. The molecule has 1 rings (SSSR count). The SMILES string of the molecule is COC(=O)C(N)C(C)(C)c1cn(C)cn1. The topological polar surface area (TPSA) is 70.1 Å². The molecule has 0 amide bonds. The van der Waals surface area contributed by atoms with Crippen LogP contribution in [0.2, 0.25) is 0 Å². The largest absolute Gasteiger partial charge is 0.468 e. The zero-order valence-corrected chi connectivity index (χ0v) is 9.52. The van der Waals surface area contributed by atoms with E-state index in [9.17, 15) is 4.79 Å². The van der Waals surface area contributed by atoms with Gasteiger partial charge in [-0.2, -0.15) is 0 Å². The van der Waals surface area contributed by atoms with Gasteiger partial charge in [-0.05, 0) is 0 Å². The average molecular weight is 211 g/mol. The van der Waals surface area contributed by atoms with Crippen LogP contribution in [0, 0.1) is 0 Å². The van der Waals surface area contributed by atoms with Gasteiger partial charge in [-0.15, -0.1) is 0 Å². The quantitative estimate of drug-likeness (QED) is 0.725. The lowest BCUT2D eigenvalue weighted by Crippen LogP contribution is -2.47. The Labute approximate surface area is 89.2 Å². The third-order valence-corrected chi connectivity index (χ3v) is 2.60. The number of imidazole rings is 1. The van der Waals surface area contributed by atoms with Gasteiger partial charge < -0.3 is 15.0 Å². The van der Waals surface area contributed by atoms with E-state index >= 15 is 0 Å². The van der Waals surface area contributed by atoms with Crippen molar-refractivity contribution in [1.82, 2.24) is 9.55 Å². The summed E-state index contributed by atoms with van der Waals surface area (Å²) in [7, 11) is 3.20. The van der Waals surface area contributed by atoms with Crippen molar-refractivity contribution in [2.45, 2.75) is 25.3 Å². The van der Waals surface area contributed by atoms with Crippen molar-refractivity contribution >= 4 is 5.97 Å². The molecule has 0 aromatic carbocycles. The summed E-state index contributed by atoms with van der Waals surface area (Å²) in [6.07, 6.45) is 3.53. The molecular formula is C10H17N3O2. The number of esters is 1. The first-order valence-electron chi connectivity index (χ1n) is 4.71. The average Bonchev–Trinajstić information content (AvgIpc) is 2.63. The second-order valence-electron chi connectivity index (χ2n) is 4.15. The molecule has 1 aromatic rings. The fraction of sp³-hybridized carbons (Fsp3) is 0.600. The monoisotopic (exact) mass is 211 g/mol. The predicted octanol–water partition coefficient (Wildman–Crippen LogP) is 0.198. The molecule has 0 fully saturated rings. The summed E-state index contributed by atoms with van der Waals surface area (Å²) >= 11 is 0. The third-order valence-electron chi connectivity index (χ3n) is 2.60. The van der Waals surface area contributed by atoms with Gasteiger partial charge in [0.25, 0.3) is 0 Å². The lowest BCUT2D eigenvalue weighted by atomic mass is 9.82. The van der Waals surface area contributed by atoms with E-state index in [4.69, 9.17) is 5.73 Å². The van der Waals surface area contributed by atoms with Crippen LogP contribution in [0.1, 0.15) is 19.5 Å². The van der Waals surface area contributed by atoms with Crippen LogP contribution in [0.25, 0.3) is 0 Å². The van der Waals surface area contributed by atoms with Crippen LogP contribution < -0.4 is 5.73 Å². The van der Waals surface area contributed by atoms with Crippen molar-refractivity contribution in [3.05, 3.63) is 18.2 Å². The number of nitrogens with two attached hydrogens (primary N) is 1. The molecule has 1 unspecified atom stereocenters. The van der Waals surface area contributed by atoms with Gasteiger partial charge >= 0.3 is 5.97 Å². The van der Waals surface area contributed by atoms with E-state index in [-0.39, 0.29) is 0 Å². The molecule has 0 radical (unpaired) electrons. The summed E-state index contributed by atoms with van der Waals surface area (Å²) < 4.78 is 6.45. The zero-order chi connectivity index (χ0) is 11.6. The van der Waals surface area contributed by atoms with E-state index in [0.717, 1.165) is 5.69 Å². The summed E-state index contributed by atoms with van der Waals surface area (Å²) in [6.45, 7) is 3.74. The molecule has 0 aliphatic carbocycles. The standard InChI is InChI=1S/C10H17N3O2/c1-10(2,8(11)9(14)15-4)7-5-13(3)6-12-7/h5-6,8H,11H2,1-4H3. The number of aryl methyl sites for hydroxylation is 1. The van der Waals surface area contributed by atoms with Gasteiger partial charge in [-0.3, -0.25) is 4.79 Å². The smallest absolute Gasteiger partial charge is 0.323 e. The Kier molecular flexibility index (Phi) is 3.14. The van der Waals surface area contributed by atoms with E-state index in [2.05, 4.69) is 9.72 Å². The van der Waals surface area contributed by atoms with Crippen molar-refractivity contribution in [1.29, 1.82) is 0 Å². The highest BCUT2D eigenvalue weighted by atomic mass is 16.5. The fourth-order valence-corrected chi connectivity index (χ4v) is 1.33. The number of hydrogen-bond acceptors (Lipinski definition) is 4. The highest BCUT2D eigenvalue weighted by Gasteiger charge is 2.36. The molecule has 1 heterocycles. The van der Waals surface area contributed by atoms with Crippen molar-refractivity contribution in [2.24, 2.45) is 12.8 Å². The Balaban J connectivity index is 2.96. The molecule has 2 N–H and O–H groups in total. The maximum atomic E-state index is 11.4. The third kappa shape index (κ3) is 2.18. The van der Waals surface area contributed by atoms with Gasteiger partial charge in [-0.25, -0.2) is 4.98 Å². The first kappa shape index (κ1) is 11.7. The van der Waals surface area contributed by atoms with Gasteiger partial charge in [0.05, 0.1) is 19.1 Å². The van der Waals surface area contributed by atoms with Gasteiger partial charge in [0.2, 0.25) is 0 Å². The molecule has 0 saturated heterocycles. The van der Waals surface area contributed by atoms with Crippen LogP contribution in [-0.4, -0.2) is 28.7 Å². The second kappa shape index (κ2) is 4.02. The Morgan fingerprint density at radius 1 is 1.67 bits per heavy atom. The number of methoxy groups -OCH3 is 1. The van der Waals surface area contributed by atoms with Crippen molar-refractivity contribution in [2.75, 3.05) is 7.11 Å². The number of aromatic nitrogens is 2. The highest BCUT2D eigenvalue weighted by molar-refractivity contribution is 5.77. The predicted molar refractivity (Wildman–Crippen MR) is 56.2 cm³/mol. The molecule has 1 atom stereocenters. The van der Waals surface area contributed by atoms with Crippen LogP contribution in [0.3, 0.4) is 0 Å². The number of rotatable bonds is 3. The van der Waals surface area contributed by atoms with Crippen LogP contribution in [0.15, 0.2) is 12.5 Å². The van der Waals surface area contributed by atoms with Crippen LogP contribution in [0.5, 0.6) is 0 Å². The molecule has 5 heteroatoms. The molecule has 0 aliphatic rings. The molecule has 0 aliphatic heterocycles. The molecule has 0 bridgehead atoms. The maximum Gasteiger partial charge on any atom is 0.323 e. The Morgan fingerprint density at radius 2 is 2.27 bits per heavy atom. The molecule has 84 valence electrons. The first-order valence-corrected chi connectivity index (χ1v) is 4.71. The highest BCUT2D eigenvalue weighted by Crippen LogP contribution is 2.24. The molecule has 1 aromatic heterocycles. The minimum atomic E-state index is -0.711. The summed E-state index contributed by atoms with van der Waals surface area (Å²) in [4.78, 5) is 15.6. The van der Waals surface area contributed by atoms with Crippen LogP contribution in [0.4, 0.5) is 0 Å². The van der Waals surface area contributed by atoms with E-state index in [1.54, 1.807) is 6.33 Å². The summed E-state index contributed by atoms with van der Waals surface area (Å²) in [5.41, 5.74) is 6.07. The van der Waals surface area contributed by atoms with Crippen LogP contribution in [-0.2, 0) is 22.0 Å². The van der Waals surface area contributed by atoms with Gasteiger partial charge in [0, 0.05) is 18.7 Å². The van der Waals surface area contributed by atoms with Crippen molar-refractivity contribution < 1.29 is 9.53 Å². The summed E-state index contributed by atoms with van der Waals surface area (Å²) in [5.74, 6) is -0.425. The number of carbonyl (C=O) groups is 1. The lowest BCUT2D eigenvalue weighted by Gasteiger charge is -2.27. The molecular weight excluding hydrogens is 194 g/mol. The first-order chi connectivity index (χ1) is 6.89. The Bertz CT molecular complexity index is 357. The fourth-order valence-electron chi connectivity index (χ4n) is 1.33. The number of carbonyl (C=O) groups excluding carboxylic acids is 1. The summed E-state index contributed by atoms with van der Waals surface area (Å²) in [5, 5.41) is 0. The van der Waals surface area contributed by atoms with Crippen LogP contribution >= 0.6 is 0 Å². The van der Waals surface area contributed by atoms with Gasteiger partial charge in [0.15, 0.2) is 0 Å². The molecule has 0 saturated carbocycles. The Morgan fingerprint density at radius 3 is 2.67 bits per heavy atom. The van der Waals surface area contributed by atoms with E-state index in [1.807, 2.05) is 31.7 Å². The maximum absolute atomic E-state index is 11.4. The minimum absolute atomic E-state index is 0.425. The second-order valence-corrected chi connectivity index (χ2v) is 4.15. The van der Waals surface area contributed by atoms with Crippen molar-refractivity contribution in [3.8, 4) is 0 Å². The molecule has 15 heavy (non-hydrogen) atoms. The van der Waals surface area contributed by atoms with E-state index < -0.39 is 17.4 Å². The Hall–Kier alpha value is -1.36. The van der Waals surface area contributed by atoms with Gasteiger partial charge in [-0.1, -0.05) is 13.8 Å². The number of hydrogen-bond donors (Lipinski definition) is 1. The number of nitrogens with zero attached hydrogens (tertiary/aromatic N) is 2. The van der Waals surface area contributed by atoms with Gasteiger partial charge in [0.1, 0.15) is 6.04 Å². The van der Waals surface area contributed by atoms with E-state index in [1.165, 1.54) is 7.11 Å². The minimum Gasteiger partial charge on any atom is -0.468 e.